The quantitative estimate of drug-likeness (QED) is 0.363. The average Bonchev–Trinajstić information content (AvgIpc) is 2.83. The summed E-state index contributed by atoms with van der Waals surface area (Å²) in [5, 5.41) is 2.56. The second kappa shape index (κ2) is 11.8. The third-order valence-corrected chi connectivity index (χ3v) is 4.94. The fraction of sp³-hybridized carbons (Fsp3) is 0.192. The van der Waals surface area contributed by atoms with E-state index in [1.54, 1.807) is 24.3 Å². The molecule has 0 atom stereocenters. The van der Waals surface area contributed by atoms with Gasteiger partial charge in [-0.2, -0.15) is 0 Å². The number of amides is 2. The monoisotopic (exact) mass is 461 g/mol. The molecule has 170 valence electrons. The molecular weight excluding hydrogens is 434 g/mol. The highest BCUT2D eigenvalue weighted by atomic mass is 32.1. The molecule has 0 aliphatic rings. The van der Waals surface area contributed by atoms with Crippen LogP contribution in [0.3, 0.4) is 0 Å². The predicted octanol–water partition coefficient (Wildman–Crippen LogP) is 4.19. The van der Waals surface area contributed by atoms with Crippen molar-refractivity contribution < 1.29 is 14.3 Å². The van der Waals surface area contributed by atoms with Crippen molar-refractivity contribution in [3.05, 3.63) is 102 Å². The Morgan fingerprint density at radius 2 is 1.45 bits per heavy atom. The van der Waals surface area contributed by atoms with Crippen LogP contribution in [0.15, 0.2) is 84.9 Å². The van der Waals surface area contributed by atoms with E-state index >= 15 is 0 Å². The molecule has 33 heavy (non-hydrogen) atoms. The van der Waals surface area contributed by atoms with Gasteiger partial charge in [0.25, 0.3) is 5.91 Å². The van der Waals surface area contributed by atoms with Gasteiger partial charge in [0.1, 0.15) is 5.75 Å². The second-order valence-electron chi connectivity index (χ2n) is 7.88. The molecule has 0 radical (unpaired) electrons. The van der Waals surface area contributed by atoms with E-state index < -0.39 is 11.8 Å². The minimum absolute atomic E-state index is 0.0123. The third kappa shape index (κ3) is 7.15. The Morgan fingerprint density at radius 1 is 0.848 bits per heavy atom. The Morgan fingerprint density at radius 3 is 2.03 bits per heavy atom. The molecule has 2 amide bonds. The number of nitrogens with one attached hydrogen (secondary N) is 3. The van der Waals surface area contributed by atoms with Crippen LogP contribution in [0.1, 0.15) is 41.3 Å². The van der Waals surface area contributed by atoms with Gasteiger partial charge in [0, 0.05) is 5.56 Å². The van der Waals surface area contributed by atoms with Crippen molar-refractivity contribution in [2.75, 3.05) is 6.61 Å². The molecule has 3 rings (SSSR count). The summed E-state index contributed by atoms with van der Waals surface area (Å²) in [6.45, 7) is 4.66. The molecule has 7 heteroatoms. The van der Waals surface area contributed by atoms with E-state index in [0.29, 0.717) is 23.8 Å². The van der Waals surface area contributed by atoms with E-state index in [4.69, 9.17) is 17.0 Å². The summed E-state index contributed by atoms with van der Waals surface area (Å²) < 4.78 is 5.67. The lowest BCUT2D eigenvalue weighted by Gasteiger charge is -2.19. The molecular formula is C26H27N3O3S. The SMILES string of the molecule is CC(C)COc1cccc(C(=O)NC(=S)NNC(=O)C(c2ccccc2)c2ccccc2)c1. The number of ether oxygens (including phenoxy) is 1. The maximum atomic E-state index is 13.0. The highest BCUT2D eigenvalue weighted by Crippen LogP contribution is 2.24. The average molecular weight is 462 g/mol. The molecule has 3 aromatic rings. The molecule has 0 saturated heterocycles. The third-order valence-electron chi connectivity index (χ3n) is 4.73. The Kier molecular flexibility index (Phi) is 8.55. The zero-order valence-electron chi connectivity index (χ0n) is 18.6. The Bertz CT molecular complexity index is 1050. The lowest BCUT2D eigenvalue weighted by Crippen LogP contribution is -2.49. The van der Waals surface area contributed by atoms with E-state index in [0.717, 1.165) is 11.1 Å². The van der Waals surface area contributed by atoms with Crippen molar-refractivity contribution in [2.45, 2.75) is 19.8 Å². The zero-order valence-corrected chi connectivity index (χ0v) is 19.4. The highest BCUT2D eigenvalue weighted by molar-refractivity contribution is 7.80. The van der Waals surface area contributed by atoms with Crippen LogP contribution < -0.4 is 20.9 Å². The molecule has 0 spiro atoms. The summed E-state index contributed by atoms with van der Waals surface area (Å²) in [6.07, 6.45) is 0. The molecule has 0 aliphatic carbocycles. The highest BCUT2D eigenvalue weighted by Gasteiger charge is 2.22. The number of hydrogen-bond donors (Lipinski definition) is 3. The maximum absolute atomic E-state index is 13.0. The summed E-state index contributed by atoms with van der Waals surface area (Å²) >= 11 is 5.20. The Labute approximate surface area is 199 Å². The normalized spacial score (nSPS) is 10.5. The van der Waals surface area contributed by atoms with Gasteiger partial charge in [-0.3, -0.25) is 25.8 Å². The van der Waals surface area contributed by atoms with Crippen LogP contribution in [0, 0.1) is 5.92 Å². The van der Waals surface area contributed by atoms with Crippen LogP contribution in [-0.2, 0) is 4.79 Å². The van der Waals surface area contributed by atoms with Gasteiger partial charge in [-0.15, -0.1) is 0 Å². The predicted molar refractivity (Wildman–Crippen MR) is 133 cm³/mol. The van der Waals surface area contributed by atoms with E-state index in [1.807, 2.05) is 60.7 Å². The standard InChI is InChI=1S/C26H27N3O3S/c1-18(2)17-32-22-15-9-14-21(16-22)24(30)27-26(33)29-28-25(31)23(19-10-5-3-6-11-19)20-12-7-4-8-13-20/h3-16,18,23H,17H2,1-2H3,(H,28,31)(H2,27,29,30,33). The van der Waals surface area contributed by atoms with Gasteiger partial charge < -0.3 is 4.74 Å². The number of carbonyl (C=O) groups is 2. The van der Waals surface area contributed by atoms with E-state index in [2.05, 4.69) is 30.0 Å². The fourth-order valence-electron chi connectivity index (χ4n) is 3.17. The zero-order chi connectivity index (χ0) is 23.6. The first-order chi connectivity index (χ1) is 15.9. The van der Waals surface area contributed by atoms with Crippen LogP contribution >= 0.6 is 12.2 Å². The lowest BCUT2D eigenvalue weighted by atomic mass is 9.91. The van der Waals surface area contributed by atoms with Crippen molar-refractivity contribution in [3.63, 3.8) is 0 Å². The van der Waals surface area contributed by atoms with Gasteiger partial charge in [-0.25, -0.2) is 0 Å². The minimum Gasteiger partial charge on any atom is -0.493 e. The fourth-order valence-corrected chi connectivity index (χ4v) is 3.32. The molecule has 0 aromatic heterocycles. The largest absolute Gasteiger partial charge is 0.493 e. The Hall–Kier alpha value is -3.71. The van der Waals surface area contributed by atoms with E-state index in [1.165, 1.54) is 0 Å². The minimum atomic E-state index is -0.534. The van der Waals surface area contributed by atoms with Crippen molar-refractivity contribution in [1.29, 1.82) is 0 Å². The summed E-state index contributed by atoms with van der Waals surface area (Å²) in [5.74, 6) is -0.253. The first-order valence-corrected chi connectivity index (χ1v) is 11.1. The smallest absolute Gasteiger partial charge is 0.257 e. The van der Waals surface area contributed by atoms with Gasteiger partial charge in [-0.1, -0.05) is 80.6 Å². The van der Waals surface area contributed by atoms with Gasteiger partial charge in [-0.05, 0) is 47.5 Å². The van der Waals surface area contributed by atoms with E-state index in [9.17, 15) is 9.59 Å². The van der Waals surface area contributed by atoms with Crippen molar-refractivity contribution in [2.24, 2.45) is 5.92 Å². The second-order valence-corrected chi connectivity index (χ2v) is 8.29. The molecule has 0 fully saturated rings. The van der Waals surface area contributed by atoms with Crippen LogP contribution in [0.2, 0.25) is 0 Å². The number of benzene rings is 3. The van der Waals surface area contributed by atoms with E-state index in [-0.39, 0.29) is 11.0 Å². The maximum Gasteiger partial charge on any atom is 0.257 e. The van der Waals surface area contributed by atoms with Gasteiger partial charge in [0.05, 0.1) is 12.5 Å². The Balaban J connectivity index is 1.61. The molecule has 3 aromatic carbocycles. The van der Waals surface area contributed by atoms with Gasteiger partial charge in [0.2, 0.25) is 5.91 Å². The first-order valence-electron chi connectivity index (χ1n) is 10.7. The molecule has 0 heterocycles. The topological polar surface area (TPSA) is 79.5 Å². The van der Waals surface area contributed by atoms with Crippen LogP contribution in [0.5, 0.6) is 5.75 Å². The van der Waals surface area contributed by atoms with Gasteiger partial charge >= 0.3 is 0 Å². The summed E-state index contributed by atoms with van der Waals surface area (Å²) in [5.41, 5.74) is 7.33. The molecule has 3 N–H and O–H groups in total. The first kappa shape index (κ1) is 23.9. The van der Waals surface area contributed by atoms with Crippen molar-refractivity contribution in [3.8, 4) is 5.75 Å². The summed E-state index contributed by atoms with van der Waals surface area (Å²) in [4.78, 5) is 25.6. The van der Waals surface area contributed by atoms with Crippen molar-refractivity contribution >= 4 is 29.1 Å². The molecule has 0 bridgehead atoms. The van der Waals surface area contributed by atoms with Crippen LogP contribution in [0.4, 0.5) is 0 Å². The van der Waals surface area contributed by atoms with Gasteiger partial charge in [0.15, 0.2) is 5.11 Å². The van der Waals surface area contributed by atoms with Crippen LogP contribution in [0.25, 0.3) is 0 Å². The number of carbonyl (C=O) groups excluding carboxylic acids is 2. The molecule has 0 unspecified atom stereocenters. The molecule has 6 nitrogen and oxygen atoms in total. The number of hydrogen-bond acceptors (Lipinski definition) is 4. The summed E-state index contributed by atoms with van der Waals surface area (Å²) in [6, 6.07) is 25.8. The summed E-state index contributed by atoms with van der Waals surface area (Å²) in [7, 11) is 0. The van der Waals surface area contributed by atoms with Crippen molar-refractivity contribution in [1.82, 2.24) is 16.2 Å². The molecule has 0 aliphatic heterocycles. The number of hydrazine groups is 1. The lowest BCUT2D eigenvalue weighted by molar-refractivity contribution is -0.122. The number of thiocarbonyl (C=S) groups is 1. The van der Waals surface area contributed by atoms with Crippen LogP contribution in [-0.4, -0.2) is 23.5 Å². The number of rotatable bonds is 7. The molecule has 0 saturated carbocycles.